The molecule has 6 nitrogen and oxygen atoms in total. The number of fused-ring (bicyclic) bond motifs is 2. The summed E-state index contributed by atoms with van der Waals surface area (Å²) in [7, 11) is 1.70. The number of methoxy groups -OCH3 is 1. The number of carboxylic acid groups (broad SMARTS) is 1. The molecule has 0 aromatic heterocycles. The van der Waals surface area contributed by atoms with Crippen LogP contribution in [-0.2, 0) is 29.0 Å². The summed E-state index contributed by atoms with van der Waals surface area (Å²) in [4.78, 5) is 27.7. The fraction of sp³-hybridized carbons (Fsp3) is 0.600. The topological polar surface area (TPSA) is 70.1 Å². The first-order valence-electron chi connectivity index (χ1n) is 9.33. The Morgan fingerprint density at radius 2 is 1.96 bits per heavy atom. The Bertz CT molecular complexity index is 762. The van der Waals surface area contributed by atoms with Gasteiger partial charge in [-0.25, -0.2) is 0 Å². The van der Waals surface area contributed by atoms with Gasteiger partial charge < -0.3 is 14.7 Å². The molecule has 2 atom stereocenters. The minimum absolute atomic E-state index is 0.00989. The van der Waals surface area contributed by atoms with Crippen LogP contribution in [0, 0.1) is 11.3 Å². The predicted molar refractivity (Wildman–Crippen MR) is 96.1 cm³/mol. The van der Waals surface area contributed by atoms with Crippen molar-refractivity contribution in [3.63, 3.8) is 0 Å². The molecule has 2 heterocycles. The van der Waals surface area contributed by atoms with E-state index < -0.39 is 11.4 Å². The lowest BCUT2D eigenvalue weighted by molar-refractivity contribution is -0.149. The number of amides is 1. The number of hydrogen-bond donors (Lipinski definition) is 1. The molecule has 1 aliphatic carbocycles. The Labute approximate surface area is 153 Å². The van der Waals surface area contributed by atoms with Crippen LogP contribution in [0.2, 0.25) is 0 Å². The van der Waals surface area contributed by atoms with Crippen LogP contribution < -0.4 is 4.74 Å². The zero-order valence-electron chi connectivity index (χ0n) is 15.5. The van der Waals surface area contributed by atoms with E-state index in [-0.39, 0.29) is 11.8 Å². The van der Waals surface area contributed by atoms with Crippen LogP contribution in [0.4, 0.5) is 0 Å². The fourth-order valence-corrected chi connectivity index (χ4v) is 5.04. The number of carboxylic acids is 1. The Morgan fingerprint density at radius 1 is 1.23 bits per heavy atom. The summed E-state index contributed by atoms with van der Waals surface area (Å²) in [5, 5.41) is 9.90. The monoisotopic (exact) mass is 358 g/mol. The van der Waals surface area contributed by atoms with Gasteiger partial charge in [-0.3, -0.25) is 14.5 Å². The van der Waals surface area contributed by atoms with Crippen LogP contribution in [0.5, 0.6) is 5.75 Å². The molecule has 2 aliphatic heterocycles. The Balaban J connectivity index is 1.55. The minimum atomic E-state index is -0.838. The largest absolute Gasteiger partial charge is 0.496 e. The van der Waals surface area contributed by atoms with Gasteiger partial charge in [0.1, 0.15) is 11.2 Å². The summed E-state index contributed by atoms with van der Waals surface area (Å²) in [6, 6.07) is 4.39. The van der Waals surface area contributed by atoms with Crippen LogP contribution in [0.1, 0.15) is 30.0 Å². The molecule has 2 saturated heterocycles. The van der Waals surface area contributed by atoms with E-state index in [4.69, 9.17) is 4.74 Å². The van der Waals surface area contributed by atoms with Crippen LogP contribution in [0.25, 0.3) is 0 Å². The maximum absolute atomic E-state index is 12.1. The van der Waals surface area contributed by atoms with E-state index in [0.717, 1.165) is 24.2 Å². The van der Waals surface area contributed by atoms with Gasteiger partial charge in [-0.1, -0.05) is 6.07 Å². The number of benzene rings is 1. The van der Waals surface area contributed by atoms with Crippen molar-refractivity contribution in [1.82, 2.24) is 9.80 Å². The van der Waals surface area contributed by atoms with Crippen LogP contribution in [0.3, 0.4) is 0 Å². The number of carbonyl (C=O) groups excluding carboxylic acids is 1. The van der Waals surface area contributed by atoms with Crippen LogP contribution in [-0.4, -0.2) is 60.1 Å². The van der Waals surface area contributed by atoms with E-state index in [1.165, 1.54) is 24.5 Å². The number of likely N-dealkylation sites (tertiary alicyclic amines) is 2. The van der Waals surface area contributed by atoms with Gasteiger partial charge in [-0.2, -0.15) is 0 Å². The Kier molecular flexibility index (Phi) is 4.18. The first-order valence-corrected chi connectivity index (χ1v) is 9.33. The average molecular weight is 358 g/mol. The second-order valence-corrected chi connectivity index (χ2v) is 8.01. The van der Waals surface area contributed by atoms with Crippen molar-refractivity contribution in [2.75, 3.05) is 33.3 Å². The molecule has 0 radical (unpaired) electrons. The number of nitrogens with zero attached hydrogens (tertiary/aromatic N) is 2. The number of aryl methyl sites for hydroxylation is 2. The highest BCUT2D eigenvalue weighted by Gasteiger charge is 2.58. The molecular formula is C20H26N2O4. The van der Waals surface area contributed by atoms with Gasteiger partial charge in [0.25, 0.3) is 0 Å². The highest BCUT2D eigenvalue weighted by molar-refractivity contribution is 5.80. The summed E-state index contributed by atoms with van der Waals surface area (Å²) >= 11 is 0. The number of carbonyl (C=O) groups is 2. The molecule has 26 heavy (non-hydrogen) atoms. The van der Waals surface area contributed by atoms with Crippen LogP contribution >= 0.6 is 0 Å². The molecule has 1 amide bonds. The second kappa shape index (κ2) is 6.27. The van der Waals surface area contributed by atoms with Crippen molar-refractivity contribution in [2.24, 2.45) is 11.3 Å². The van der Waals surface area contributed by atoms with Crippen molar-refractivity contribution in [3.8, 4) is 5.75 Å². The van der Waals surface area contributed by atoms with Crippen molar-refractivity contribution < 1.29 is 19.4 Å². The Morgan fingerprint density at radius 3 is 2.58 bits per heavy atom. The summed E-state index contributed by atoms with van der Waals surface area (Å²) < 4.78 is 5.60. The molecule has 1 aromatic carbocycles. The lowest BCUT2D eigenvalue weighted by Crippen LogP contribution is -2.41. The van der Waals surface area contributed by atoms with E-state index in [0.29, 0.717) is 32.7 Å². The predicted octanol–water partition coefficient (Wildman–Crippen LogP) is 1.55. The smallest absolute Gasteiger partial charge is 0.313 e. The number of ether oxygens (including phenoxy) is 1. The molecule has 2 fully saturated rings. The Hall–Kier alpha value is -2.08. The first kappa shape index (κ1) is 17.3. The number of hydrogen-bond acceptors (Lipinski definition) is 4. The molecule has 140 valence electrons. The van der Waals surface area contributed by atoms with Crippen molar-refractivity contribution in [1.29, 1.82) is 0 Å². The molecule has 0 bridgehead atoms. The molecule has 0 saturated carbocycles. The number of aliphatic carboxylic acids is 1. The SMILES string of the molecule is COc1cc2c(cc1CN1C[C@@H]3CN(C(C)=O)C[C@]3(C(=O)O)C1)CCC2. The van der Waals surface area contributed by atoms with E-state index in [1.54, 1.807) is 12.0 Å². The van der Waals surface area contributed by atoms with E-state index in [2.05, 4.69) is 17.0 Å². The molecule has 6 heteroatoms. The summed E-state index contributed by atoms with van der Waals surface area (Å²) in [6.45, 7) is 4.26. The van der Waals surface area contributed by atoms with E-state index in [9.17, 15) is 14.7 Å². The third kappa shape index (κ3) is 2.67. The molecule has 0 unspecified atom stereocenters. The van der Waals surface area contributed by atoms with Gasteiger partial charge in [-0.05, 0) is 36.5 Å². The molecule has 0 spiro atoms. The van der Waals surface area contributed by atoms with Gasteiger partial charge in [0, 0.05) is 51.1 Å². The first-order chi connectivity index (χ1) is 12.4. The third-order valence-corrected chi connectivity index (χ3v) is 6.44. The van der Waals surface area contributed by atoms with Gasteiger partial charge in [0.05, 0.1) is 7.11 Å². The van der Waals surface area contributed by atoms with Crippen LogP contribution in [0.15, 0.2) is 12.1 Å². The average Bonchev–Trinajstić information content (AvgIpc) is 3.25. The standard InChI is InChI=1S/C20H26N2O4/c1-13(23)22-10-17-9-21(11-20(17,12-22)19(24)25)8-16-6-14-4-3-5-15(14)7-18(16)26-2/h6-7,17H,3-5,8-12H2,1-2H3,(H,24,25)/t17-,20-/m1/s1. The lowest BCUT2D eigenvalue weighted by atomic mass is 9.81. The van der Waals surface area contributed by atoms with Gasteiger partial charge in [0.15, 0.2) is 0 Å². The highest BCUT2D eigenvalue weighted by atomic mass is 16.5. The summed E-state index contributed by atoms with van der Waals surface area (Å²) in [6.07, 6.45) is 3.42. The summed E-state index contributed by atoms with van der Waals surface area (Å²) in [5.74, 6) is 0.0725. The third-order valence-electron chi connectivity index (χ3n) is 6.44. The second-order valence-electron chi connectivity index (χ2n) is 8.01. The van der Waals surface area contributed by atoms with Crippen molar-refractivity contribution in [3.05, 3.63) is 28.8 Å². The lowest BCUT2D eigenvalue weighted by Gasteiger charge is -2.25. The zero-order valence-corrected chi connectivity index (χ0v) is 15.5. The molecule has 1 aromatic rings. The molecular weight excluding hydrogens is 332 g/mol. The number of rotatable bonds is 4. The zero-order chi connectivity index (χ0) is 18.5. The quantitative estimate of drug-likeness (QED) is 0.884. The highest BCUT2D eigenvalue weighted by Crippen LogP contribution is 2.44. The van der Waals surface area contributed by atoms with Gasteiger partial charge >= 0.3 is 5.97 Å². The van der Waals surface area contributed by atoms with E-state index in [1.807, 2.05) is 0 Å². The molecule has 3 aliphatic rings. The normalized spacial score (nSPS) is 27.5. The maximum Gasteiger partial charge on any atom is 0.313 e. The van der Waals surface area contributed by atoms with Crippen molar-refractivity contribution >= 4 is 11.9 Å². The summed E-state index contributed by atoms with van der Waals surface area (Å²) in [5.41, 5.74) is 3.08. The van der Waals surface area contributed by atoms with Gasteiger partial charge in [-0.15, -0.1) is 0 Å². The fourth-order valence-electron chi connectivity index (χ4n) is 5.04. The minimum Gasteiger partial charge on any atom is -0.496 e. The van der Waals surface area contributed by atoms with Gasteiger partial charge in [0.2, 0.25) is 5.91 Å². The molecule has 4 rings (SSSR count). The maximum atomic E-state index is 12.1. The van der Waals surface area contributed by atoms with E-state index >= 15 is 0 Å². The molecule has 1 N–H and O–H groups in total. The van der Waals surface area contributed by atoms with Crippen molar-refractivity contribution in [2.45, 2.75) is 32.7 Å².